The molecule has 0 unspecified atom stereocenters. The molecule has 0 saturated carbocycles. The summed E-state index contributed by atoms with van der Waals surface area (Å²) in [6.07, 6.45) is -4.70. The summed E-state index contributed by atoms with van der Waals surface area (Å²) < 4.78 is 40.1. The van der Waals surface area contributed by atoms with Crippen molar-refractivity contribution in [3.05, 3.63) is 24.3 Å². The van der Waals surface area contributed by atoms with Crippen LogP contribution in [0.5, 0.6) is 5.75 Å². The maximum absolute atomic E-state index is 12.1. The molecule has 25 heavy (non-hydrogen) atoms. The van der Waals surface area contributed by atoms with Gasteiger partial charge in [0.15, 0.2) is 5.96 Å². The first-order valence-corrected chi connectivity index (χ1v) is 7.77. The highest BCUT2D eigenvalue weighted by atomic mass is 127. The Labute approximate surface area is 163 Å². The van der Waals surface area contributed by atoms with Gasteiger partial charge in [0.1, 0.15) is 5.75 Å². The monoisotopic (exact) mass is 474 g/mol. The number of nitrogens with two attached hydrogens (primary N) is 1. The second-order valence-corrected chi connectivity index (χ2v) is 5.89. The van der Waals surface area contributed by atoms with Crippen molar-refractivity contribution in [1.82, 2.24) is 4.90 Å². The summed E-state index contributed by atoms with van der Waals surface area (Å²) in [5, 5.41) is 2.84. The molecule has 9 heteroatoms. The maximum Gasteiger partial charge on any atom is 0.573 e. The van der Waals surface area contributed by atoms with E-state index in [9.17, 15) is 13.2 Å². The highest BCUT2D eigenvalue weighted by molar-refractivity contribution is 14.0. The molecular weight excluding hydrogens is 448 g/mol. The van der Waals surface area contributed by atoms with Crippen LogP contribution < -0.4 is 15.8 Å². The lowest BCUT2D eigenvalue weighted by Crippen LogP contribution is -2.39. The Morgan fingerprint density at radius 3 is 2.12 bits per heavy atom. The van der Waals surface area contributed by atoms with Crippen molar-refractivity contribution in [2.75, 3.05) is 18.4 Å². The van der Waals surface area contributed by atoms with Crippen LogP contribution in [0.2, 0.25) is 0 Å². The predicted octanol–water partition coefficient (Wildman–Crippen LogP) is 4.05. The zero-order chi connectivity index (χ0) is 18.3. The van der Waals surface area contributed by atoms with Gasteiger partial charge < -0.3 is 15.8 Å². The number of aliphatic imine (C=N–C) groups is 1. The maximum atomic E-state index is 12.1. The molecule has 0 amide bonds. The minimum atomic E-state index is -4.70. The molecule has 0 atom stereocenters. The van der Waals surface area contributed by atoms with E-state index >= 15 is 0 Å². The molecule has 0 spiro atoms. The molecule has 0 fully saturated rings. The summed E-state index contributed by atoms with van der Waals surface area (Å²) in [7, 11) is 0. The summed E-state index contributed by atoms with van der Waals surface area (Å²) in [4.78, 5) is 6.53. The third kappa shape index (κ3) is 9.73. The number of rotatable bonds is 7. The van der Waals surface area contributed by atoms with Gasteiger partial charge in [0.05, 0.1) is 6.54 Å². The van der Waals surface area contributed by atoms with Gasteiger partial charge in [-0.3, -0.25) is 9.89 Å². The molecule has 5 nitrogen and oxygen atoms in total. The van der Waals surface area contributed by atoms with Crippen molar-refractivity contribution < 1.29 is 17.9 Å². The standard InChI is InChI=1S/C16H25F3N4O.HI/c1-11(2)23(12(3)4)10-9-21-15(20)22-13-5-7-14(8-6-13)24-16(17,18)19;/h5-8,11-12H,9-10H2,1-4H3,(H3,20,21,22);1H. The normalized spacial score (nSPS) is 12.5. The van der Waals surface area contributed by atoms with E-state index in [1.54, 1.807) is 0 Å². The number of hydrogen-bond donors (Lipinski definition) is 2. The van der Waals surface area contributed by atoms with Crippen molar-refractivity contribution >= 4 is 35.6 Å². The van der Waals surface area contributed by atoms with Crippen LogP contribution in [-0.4, -0.2) is 42.4 Å². The van der Waals surface area contributed by atoms with Gasteiger partial charge >= 0.3 is 6.36 Å². The fourth-order valence-corrected chi connectivity index (χ4v) is 2.33. The Morgan fingerprint density at radius 1 is 1.16 bits per heavy atom. The van der Waals surface area contributed by atoms with Crippen molar-refractivity contribution in [3.8, 4) is 5.75 Å². The number of ether oxygens (including phenoxy) is 1. The molecule has 0 saturated heterocycles. The zero-order valence-electron chi connectivity index (χ0n) is 14.8. The van der Waals surface area contributed by atoms with Crippen LogP contribution in [0.4, 0.5) is 18.9 Å². The molecule has 0 aliphatic rings. The second kappa shape index (κ2) is 10.7. The van der Waals surface area contributed by atoms with Crippen molar-refractivity contribution in [2.24, 2.45) is 10.7 Å². The third-order valence-corrected chi connectivity index (χ3v) is 3.33. The molecule has 0 aromatic heterocycles. The number of hydrogen-bond acceptors (Lipinski definition) is 3. The number of guanidine groups is 1. The number of alkyl halides is 3. The van der Waals surface area contributed by atoms with Crippen molar-refractivity contribution in [2.45, 2.75) is 46.1 Å². The zero-order valence-corrected chi connectivity index (χ0v) is 17.1. The number of anilines is 1. The third-order valence-electron chi connectivity index (χ3n) is 3.33. The Bertz CT molecular complexity index is 525. The van der Waals surface area contributed by atoms with E-state index in [1.165, 1.54) is 24.3 Å². The average Bonchev–Trinajstić information content (AvgIpc) is 2.43. The van der Waals surface area contributed by atoms with Crippen LogP contribution in [0.25, 0.3) is 0 Å². The SMILES string of the molecule is CC(C)N(CCN=C(N)Nc1ccc(OC(F)(F)F)cc1)C(C)C.I. The van der Waals surface area contributed by atoms with Gasteiger partial charge in [-0.05, 0) is 52.0 Å². The molecule has 0 bridgehead atoms. The van der Waals surface area contributed by atoms with Crippen LogP contribution in [0.15, 0.2) is 29.3 Å². The van der Waals surface area contributed by atoms with E-state index in [4.69, 9.17) is 5.73 Å². The van der Waals surface area contributed by atoms with Crippen LogP contribution in [0, 0.1) is 0 Å². The van der Waals surface area contributed by atoms with Crippen LogP contribution in [0.1, 0.15) is 27.7 Å². The lowest BCUT2D eigenvalue weighted by atomic mass is 10.2. The Hall–Kier alpha value is -1.23. The minimum Gasteiger partial charge on any atom is -0.406 e. The van der Waals surface area contributed by atoms with Crippen LogP contribution in [0.3, 0.4) is 0 Å². The topological polar surface area (TPSA) is 62.9 Å². The Kier molecular flexibility index (Phi) is 10.2. The first-order valence-electron chi connectivity index (χ1n) is 7.77. The van der Waals surface area contributed by atoms with Crippen molar-refractivity contribution in [3.63, 3.8) is 0 Å². The molecule has 0 radical (unpaired) electrons. The van der Waals surface area contributed by atoms with Gasteiger partial charge in [-0.15, -0.1) is 37.1 Å². The summed E-state index contributed by atoms with van der Waals surface area (Å²) in [6.45, 7) is 9.79. The molecule has 0 aliphatic heterocycles. The first-order chi connectivity index (χ1) is 11.1. The van der Waals surface area contributed by atoms with Gasteiger partial charge in [0, 0.05) is 24.3 Å². The largest absolute Gasteiger partial charge is 0.573 e. The van der Waals surface area contributed by atoms with Gasteiger partial charge in [0.25, 0.3) is 0 Å². The Morgan fingerprint density at radius 2 is 1.68 bits per heavy atom. The van der Waals surface area contributed by atoms with Gasteiger partial charge in [-0.2, -0.15) is 0 Å². The first kappa shape index (κ1) is 23.8. The number of benzene rings is 1. The molecule has 0 heterocycles. The fourth-order valence-electron chi connectivity index (χ4n) is 2.33. The van der Waals surface area contributed by atoms with Gasteiger partial charge in [-0.25, -0.2) is 0 Å². The average molecular weight is 474 g/mol. The van der Waals surface area contributed by atoms with Gasteiger partial charge in [-0.1, -0.05) is 0 Å². The van der Waals surface area contributed by atoms with E-state index in [1.807, 2.05) is 0 Å². The molecule has 0 aliphatic carbocycles. The van der Waals surface area contributed by atoms with Crippen molar-refractivity contribution in [1.29, 1.82) is 0 Å². The number of halogens is 4. The highest BCUT2D eigenvalue weighted by Gasteiger charge is 2.30. The number of nitrogens with one attached hydrogen (secondary N) is 1. The molecular formula is C16H26F3IN4O. The van der Waals surface area contributed by atoms with Gasteiger partial charge in [0.2, 0.25) is 0 Å². The minimum absolute atomic E-state index is 0. The lowest BCUT2D eigenvalue weighted by molar-refractivity contribution is -0.274. The summed E-state index contributed by atoms with van der Waals surface area (Å²) in [5.41, 5.74) is 6.33. The molecule has 3 N–H and O–H groups in total. The highest BCUT2D eigenvalue weighted by Crippen LogP contribution is 2.23. The second-order valence-electron chi connectivity index (χ2n) is 5.89. The summed E-state index contributed by atoms with van der Waals surface area (Å²) >= 11 is 0. The van der Waals surface area contributed by atoms with Crippen LogP contribution in [-0.2, 0) is 0 Å². The van der Waals surface area contributed by atoms with E-state index in [-0.39, 0.29) is 35.7 Å². The Balaban J connectivity index is 0.00000576. The summed E-state index contributed by atoms with van der Waals surface area (Å²) in [6, 6.07) is 6.13. The molecule has 144 valence electrons. The van der Waals surface area contributed by atoms with Crippen LogP contribution >= 0.6 is 24.0 Å². The molecule has 1 rings (SSSR count). The van der Waals surface area contributed by atoms with E-state index in [0.29, 0.717) is 24.3 Å². The quantitative estimate of drug-likeness (QED) is 0.356. The molecule has 1 aromatic carbocycles. The van der Waals surface area contributed by atoms with E-state index in [0.717, 1.165) is 6.54 Å². The smallest absolute Gasteiger partial charge is 0.406 e. The lowest BCUT2D eigenvalue weighted by Gasteiger charge is -2.29. The molecule has 1 aromatic rings. The number of nitrogens with zero attached hydrogens (tertiary/aromatic N) is 2. The predicted molar refractivity (Wildman–Crippen MR) is 106 cm³/mol. The summed E-state index contributed by atoms with van der Waals surface area (Å²) in [5.74, 6) is -0.0694. The fraction of sp³-hybridized carbons (Fsp3) is 0.562. The van der Waals surface area contributed by atoms with E-state index in [2.05, 4.69) is 47.6 Å². The van der Waals surface area contributed by atoms with E-state index < -0.39 is 6.36 Å².